The molecule has 2 aliphatic heterocycles. The Labute approximate surface area is 213 Å². The molecule has 2 amide bonds. The van der Waals surface area contributed by atoms with Gasteiger partial charge in [-0.15, -0.1) is 0 Å². The summed E-state index contributed by atoms with van der Waals surface area (Å²) in [5, 5.41) is 3.86. The van der Waals surface area contributed by atoms with Gasteiger partial charge in [-0.25, -0.2) is 0 Å². The highest BCUT2D eigenvalue weighted by molar-refractivity contribution is 5.92. The average Bonchev–Trinajstić information content (AvgIpc) is 3.58. The van der Waals surface area contributed by atoms with Crippen molar-refractivity contribution < 1.29 is 18.8 Å². The van der Waals surface area contributed by atoms with E-state index in [4.69, 9.17) is 9.26 Å². The topological polar surface area (TPSA) is 79.1 Å². The van der Waals surface area contributed by atoms with Crippen molar-refractivity contribution in [1.82, 2.24) is 15.0 Å². The number of fused-ring (bicyclic) bond motifs is 3. The second kappa shape index (κ2) is 11.0. The number of nitrogens with zero attached hydrogens (tertiary/aromatic N) is 4. The van der Waals surface area contributed by atoms with Crippen LogP contribution >= 0.6 is 0 Å². The Kier molecular flexibility index (Phi) is 7.60. The molecule has 2 bridgehead atoms. The van der Waals surface area contributed by atoms with Crippen LogP contribution in [0.15, 0.2) is 34.9 Å². The Hall–Kier alpha value is -2.87. The molecular weight excluding hydrogens is 456 g/mol. The van der Waals surface area contributed by atoms with Gasteiger partial charge in [-0.05, 0) is 54.8 Å². The lowest BCUT2D eigenvalue weighted by Gasteiger charge is -2.44. The summed E-state index contributed by atoms with van der Waals surface area (Å²) in [6.45, 7) is 4.69. The highest BCUT2D eigenvalue weighted by atomic mass is 16.5. The number of hydrogen-bond donors (Lipinski definition) is 0. The molecule has 1 saturated heterocycles. The van der Waals surface area contributed by atoms with Gasteiger partial charge in [0.2, 0.25) is 11.8 Å². The van der Waals surface area contributed by atoms with E-state index in [-0.39, 0.29) is 11.8 Å². The summed E-state index contributed by atoms with van der Waals surface area (Å²) in [7, 11) is 1.55. The van der Waals surface area contributed by atoms with Crippen LogP contribution in [0.5, 0.6) is 5.88 Å². The molecule has 1 saturated carbocycles. The van der Waals surface area contributed by atoms with Crippen molar-refractivity contribution >= 4 is 17.5 Å². The van der Waals surface area contributed by atoms with E-state index >= 15 is 0 Å². The third kappa shape index (κ3) is 5.75. The highest BCUT2D eigenvalue weighted by Crippen LogP contribution is 2.36. The monoisotopic (exact) mass is 494 g/mol. The van der Waals surface area contributed by atoms with Gasteiger partial charge in [-0.3, -0.25) is 14.5 Å². The number of carbonyl (C=O) groups is 2. The van der Waals surface area contributed by atoms with Crippen molar-refractivity contribution in [2.75, 3.05) is 31.6 Å². The summed E-state index contributed by atoms with van der Waals surface area (Å²) in [5.74, 6) is 2.01. The number of piperidine rings is 1. The number of para-hydroxylation sites is 1. The minimum atomic E-state index is 0.0555. The average molecular weight is 495 g/mol. The van der Waals surface area contributed by atoms with Gasteiger partial charge in [0.05, 0.1) is 7.11 Å². The molecule has 194 valence electrons. The van der Waals surface area contributed by atoms with Crippen molar-refractivity contribution in [1.29, 1.82) is 0 Å². The molecule has 0 spiro atoms. The maximum absolute atomic E-state index is 13.7. The summed E-state index contributed by atoms with van der Waals surface area (Å²) in [6.07, 6.45) is 7.86. The molecule has 8 heteroatoms. The molecule has 1 aliphatic carbocycles. The SMILES string of the molecule is COc1cc(CCC(=O)N2Cc3ccccc3N(C(C)=O)CCC3CCCC(C2)N3CC2CC2)on1. The summed E-state index contributed by atoms with van der Waals surface area (Å²) in [5.41, 5.74) is 1.94. The Bertz CT molecular complexity index is 1070. The molecule has 5 rings (SSSR count). The van der Waals surface area contributed by atoms with Gasteiger partial charge in [0.15, 0.2) is 0 Å². The molecule has 0 N–H and O–H groups in total. The van der Waals surface area contributed by atoms with Crippen LogP contribution in [-0.4, -0.2) is 65.6 Å². The van der Waals surface area contributed by atoms with Crippen molar-refractivity contribution in [3.8, 4) is 5.88 Å². The minimum Gasteiger partial charge on any atom is -0.479 e. The molecule has 2 atom stereocenters. The van der Waals surface area contributed by atoms with Crippen LogP contribution in [0, 0.1) is 5.92 Å². The van der Waals surface area contributed by atoms with Crippen molar-refractivity contribution in [2.45, 2.75) is 76.9 Å². The van der Waals surface area contributed by atoms with Gasteiger partial charge in [-0.1, -0.05) is 24.6 Å². The van der Waals surface area contributed by atoms with Crippen molar-refractivity contribution in [3.63, 3.8) is 0 Å². The van der Waals surface area contributed by atoms with Gasteiger partial charge >= 0.3 is 0 Å². The molecule has 2 unspecified atom stereocenters. The Balaban J connectivity index is 1.43. The second-order valence-corrected chi connectivity index (χ2v) is 10.6. The van der Waals surface area contributed by atoms with Crippen molar-refractivity contribution in [3.05, 3.63) is 41.7 Å². The zero-order valence-corrected chi connectivity index (χ0v) is 21.5. The maximum Gasteiger partial charge on any atom is 0.254 e. The standard InChI is InChI=1S/C28H38N4O4/c1-20(33)31-15-14-23-7-5-8-24(32(23)17-21-10-11-21)19-30(18-22-6-3-4-9-26(22)31)28(34)13-12-25-16-27(35-2)29-36-25/h3-4,6,9,16,21,23-24H,5,7-8,10-15,17-19H2,1-2H3. The molecule has 36 heavy (non-hydrogen) atoms. The lowest BCUT2D eigenvalue weighted by Crippen LogP contribution is -2.53. The number of methoxy groups -OCH3 is 1. The smallest absolute Gasteiger partial charge is 0.254 e. The van der Waals surface area contributed by atoms with E-state index in [0.29, 0.717) is 49.7 Å². The number of anilines is 1. The Morgan fingerprint density at radius 3 is 2.67 bits per heavy atom. The Morgan fingerprint density at radius 1 is 1.11 bits per heavy atom. The third-order valence-corrected chi connectivity index (χ3v) is 8.00. The molecule has 3 aliphatic rings. The van der Waals surface area contributed by atoms with Gasteiger partial charge < -0.3 is 19.1 Å². The molecule has 0 radical (unpaired) electrons. The van der Waals surface area contributed by atoms with Crippen LogP contribution in [0.3, 0.4) is 0 Å². The summed E-state index contributed by atoms with van der Waals surface area (Å²) >= 11 is 0. The number of carbonyl (C=O) groups excluding carboxylic acids is 2. The van der Waals surface area contributed by atoms with Gasteiger partial charge in [0.25, 0.3) is 5.88 Å². The number of ether oxygens (including phenoxy) is 1. The van der Waals surface area contributed by atoms with E-state index in [1.165, 1.54) is 19.3 Å². The number of hydrogen-bond acceptors (Lipinski definition) is 6. The lowest BCUT2D eigenvalue weighted by molar-refractivity contribution is -0.133. The fourth-order valence-corrected chi connectivity index (χ4v) is 5.87. The summed E-state index contributed by atoms with van der Waals surface area (Å²) in [4.78, 5) is 33.0. The lowest BCUT2D eigenvalue weighted by atomic mass is 9.92. The zero-order valence-electron chi connectivity index (χ0n) is 21.5. The first kappa shape index (κ1) is 24.8. The molecule has 1 aromatic carbocycles. The van der Waals surface area contributed by atoms with Crippen LogP contribution in [0.1, 0.15) is 63.2 Å². The van der Waals surface area contributed by atoms with E-state index in [1.54, 1.807) is 20.1 Å². The highest BCUT2D eigenvalue weighted by Gasteiger charge is 2.37. The van der Waals surface area contributed by atoms with E-state index in [2.05, 4.69) is 16.1 Å². The maximum atomic E-state index is 13.7. The number of benzene rings is 1. The largest absolute Gasteiger partial charge is 0.479 e. The minimum absolute atomic E-state index is 0.0555. The molecular formula is C28H38N4O4. The third-order valence-electron chi connectivity index (χ3n) is 8.00. The fraction of sp³-hybridized carbons (Fsp3) is 0.607. The van der Waals surface area contributed by atoms with Crippen LogP contribution in [-0.2, 0) is 22.6 Å². The predicted octanol–water partition coefficient (Wildman–Crippen LogP) is 4.03. The number of rotatable bonds is 6. The number of aryl methyl sites for hydroxylation is 1. The van der Waals surface area contributed by atoms with Gasteiger partial charge in [-0.2, -0.15) is 0 Å². The van der Waals surface area contributed by atoms with E-state index in [0.717, 1.165) is 49.5 Å². The fourth-order valence-electron chi connectivity index (χ4n) is 5.87. The first-order valence-corrected chi connectivity index (χ1v) is 13.4. The normalized spacial score (nSPS) is 23.1. The van der Waals surface area contributed by atoms with E-state index in [9.17, 15) is 9.59 Å². The molecule has 8 nitrogen and oxygen atoms in total. The molecule has 3 heterocycles. The van der Waals surface area contributed by atoms with Crippen LogP contribution in [0.2, 0.25) is 0 Å². The van der Waals surface area contributed by atoms with E-state index in [1.807, 2.05) is 28.0 Å². The number of aromatic nitrogens is 1. The first-order chi connectivity index (χ1) is 17.5. The number of amides is 2. The summed E-state index contributed by atoms with van der Waals surface area (Å²) in [6, 6.07) is 10.6. The van der Waals surface area contributed by atoms with Crippen LogP contribution in [0.4, 0.5) is 5.69 Å². The zero-order chi connectivity index (χ0) is 25.1. The second-order valence-electron chi connectivity index (χ2n) is 10.6. The van der Waals surface area contributed by atoms with Crippen molar-refractivity contribution in [2.24, 2.45) is 5.92 Å². The van der Waals surface area contributed by atoms with E-state index < -0.39 is 0 Å². The first-order valence-electron chi connectivity index (χ1n) is 13.4. The van der Waals surface area contributed by atoms with Gasteiger partial charge in [0, 0.05) is 69.8 Å². The predicted molar refractivity (Wildman–Crippen MR) is 137 cm³/mol. The van der Waals surface area contributed by atoms with Crippen LogP contribution < -0.4 is 9.64 Å². The molecule has 1 aromatic heterocycles. The van der Waals surface area contributed by atoms with Crippen LogP contribution in [0.25, 0.3) is 0 Å². The molecule has 2 aromatic rings. The Morgan fingerprint density at radius 2 is 1.92 bits per heavy atom. The summed E-state index contributed by atoms with van der Waals surface area (Å²) < 4.78 is 10.4. The van der Waals surface area contributed by atoms with Gasteiger partial charge in [0.1, 0.15) is 5.76 Å². The quantitative estimate of drug-likeness (QED) is 0.603. The molecule has 2 fully saturated rings.